The molecule has 1 atom stereocenters. The minimum absolute atomic E-state index is 0.213. The van der Waals surface area contributed by atoms with Gasteiger partial charge in [-0.3, -0.25) is 0 Å². The van der Waals surface area contributed by atoms with E-state index in [9.17, 15) is 8.42 Å². The van der Waals surface area contributed by atoms with E-state index in [1.807, 2.05) is 0 Å². The Morgan fingerprint density at radius 3 is 2.62 bits per heavy atom. The second-order valence-electron chi connectivity index (χ2n) is 3.74. The summed E-state index contributed by atoms with van der Waals surface area (Å²) >= 11 is 5.76. The summed E-state index contributed by atoms with van der Waals surface area (Å²) in [6.45, 7) is 3.65. The molecule has 1 unspecified atom stereocenters. The highest BCUT2D eigenvalue weighted by Crippen LogP contribution is 2.19. The van der Waals surface area contributed by atoms with Crippen molar-refractivity contribution < 1.29 is 8.42 Å². The van der Waals surface area contributed by atoms with Crippen molar-refractivity contribution in [3.63, 3.8) is 0 Å². The number of nitrogens with two attached hydrogens (primary N) is 1. The van der Waals surface area contributed by atoms with Crippen LogP contribution in [-0.2, 0) is 10.0 Å². The lowest BCUT2D eigenvalue weighted by molar-refractivity contribution is 0.573. The largest absolute Gasteiger partial charge is 0.327 e. The summed E-state index contributed by atoms with van der Waals surface area (Å²) in [6, 6.07) is 4.43. The molecule has 6 heteroatoms. The molecule has 0 aromatic heterocycles. The number of hydrogen-bond donors (Lipinski definition) is 2. The van der Waals surface area contributed by atoms with Gasteiger partial charge in [-0.1, -0.05) is 11.6 Å². The normalized spacial score (nSPS) is 13.8. The van der Waals surface area contributed by atoms with Gasteiger partial charge >= 0.3 is 0 Å². The van der Waals surface area contributed by atoms with Gasteiger partial charge in [0.1, 0.15) is 0 Å². The fraction of sp³-hybridized carbons (Fsp3) is 0.400. The van der Waals surface area contributed by atoms with Crippen LogP contribution >= 0.6 is 11.6 Å². The van der Waals surface area contributed by atoms with E-state index in [0.29, 0.717) is 10.6 Å². The fourth-order valence-electron chi connectivity index (χ4n) is 1.23. The molecule has 0 aliphatic carbocycles. The van der Waals surface area contributed by atoms with Crippen LogP contribution in [0.15, 0.2) is 23.1 Å². The summed E-state index contributed by atoms with van der Waals surface area (Å²) in [6.07, 6.45) is 0. The van der Waals surface area contributed by atoms with Gasteiger partial charge in [0.05, 0.1) is 4.90 Å². The molecule has 0 saturated carbocycles. The Balaban J connectivity index is 2.99. The van der Waals surface area contributed by atoms with E-state index in [1.54, 1.807) is 26.0 Å². The molecule has 0 aliphatic rings. The van der Waals surface area contributed by atoms with Gasteiger partial charge in [-0.15, -0.1) is 0 Å². The van der Waals surface area contributed by atoms with Gasteiger partial charge in [0, 0.05) is 17.6 Å². The summed E-state index contributed by atoms with van der Waals surface area (Å²) in [5, 5.41) is 0.517. The summed E-state index contributed by atoms with van der Waals surface area (Å²) in [5.41, 5.74) is 6.11. The Bertz CT molecular complexity index is 472. The van der Waals surface area contributed by atoms with Gasteiger partial charge in [0.15, 0.2) is 0 Å². The smallest absolute Gasteiger partial charge is 0.240 e. The first-order valence-electron chi connectivity index (χ1n) is 4.84. The van der Waals surface area contributed by atoms with Crippen molar-refractivity contribution in [2.45, 2.75) is 24.8 Å². The molecular formula is C10H15ClN2O2S. The van der Waals surface area contributed by atoms with Gasteiger partial charge in [0.2, 0.25) is 10.0 Å². The topological polar surface area (TPSA) is 72.2 Å². The molecule has 0 bridgehead atoms. The van der Waals surface area contributed by atoms with E-state index in [2.05, 4.69) is 4.72 Å². The molecule has 0 fully saturated rings. The Hall–Kier alpha value is -0.620. The van der Waals surface area contributed by atoms with Gasteiger partial charge in [0.25, 0.3) is 0 Å². The van der Waals surface area contributed by atoms with Crippen LogP contribution in [0.2, 0.25) is 5.02 Å². The number of aryl methyl sites for hydroxylation is 1. The minimum atomic E-state index is -3.49. The Kier molecular flexibility index (Phi) is 4.32. The molecule has 90 valence electrons. The molecule has 3 N–H and O–H groups in total. The summed E-state index contributed by atoms with van der Waals surface area (Å²) in [4.78, 5) is 0.234. The van der Waals surface area contributed by atoms with Crippen molar-refractivity contribution in [2.24, 2.45) is 5.73 Å². The number of rotatable bonds is 4. The minimum Gasteiger partial charge on any atom is -0.327 e. The van der Waals surface area contributed by atoms with Gasteiger partial charge < -0.3 is 5.73 Å². The number of nitrogens with one attached hydrogen (secondary N) is 1. The van der Waals surface area contributed by atoms with E-state index in [4.69, 9.17) is 17.3 Å². The molecule has 0 spiro atoms. The molecule has 1 rings (SSSR count). The molecule has 1 aromatic rings. The monoisotopic (exact) mass is 262 g/mol. The van der Waals surface area contributed by atoms with Crippen molar-refractivity contribution in [1.29, 1.82) is 0 Å². The lowest BCUT2D eigenvalue weighted by Gasteiger charge is -2.11. The van der Waals surface area contributed by atoms with Crippen LogP contribution in [0, 0.1) is 6.92 Å². The predicted octanol–water partition coefficient (Wildman–Crippen LogP) is 1.27. The van der Waals surface area contributed by atoms with E-state index >= 15 is 0 Å². The highest BCUT2D eigenvalue weighted by atomic mass is 35.5. The first kappa shape index (κ1) is 13.4. The lowest BCUT2D eigenvalue weighted by atomic mass is 10.2. The molecule has 1 aromatic carbocycles. The quantitative estimate of drug-likeness (QED) is 0.858. The van der Waals surface area contributed by atoms with Crippen LogP contribution in [0.5, 0.6) is 0 Å². The first-order chi connectivity index (χ1) is 7.33. The van der Waals surface area contributed by atoms with Crippen LogP contribution < -0.4 is 10.5 Å². The lowest BCUT2D eigenvalue weighted by Crippen LogP contribution is -2.35. The van der Waals surface area contributed by atoms with E-state index in [1.165, 1.54) is 6.07 Å². The van der Waals surface area contributed by atoms with Crippen LogP contribution in [0.4, 0.5) is 0 Å². The zero-order valence-electron chi connectivity index (χ0n) is 9.20. The third kappa shape index (κ3) is 3.45. The average Bonchev–Trinajstić information content (AvgIpc) is 2.14. The Labute approximate surface area is 101 Å². The number of benzene rings is 1. The Morgan fingerprint density at radius 2 is 2.12 bits per heavy atom. The zero-order valence-corrected chi connectivity index (χ0v) is 10.8. The number of sulfonamides is 1. The molecule has 0 heterocycles. The molecule has 0 aliphatic heterocycles. The van der Waals surface area contributed by atoms with Crippen LogP contribution in [0.3, 0.4) is 0 Å². The molecule has 0 saturated heterocycles. The van der Waals surface area contributed by atoms with Gasteiger partial charge in [-0.2, -0.15) is 0 Å². The van der Waals surface area contributed by atoms with Crippen LogP contribution in [0.1, 0.15) is 12.5 Å². The molecule has 16 heavy (non-hydrogen) atoms. The average molecular weight is 263 g/mol. The highest BCUT2D eigenvalue weighted by molar-refractivity contribution is 7.89. The van der Waals surface area contributed by atoms with E-state index in [0.717, 1.165) is 0 Å². The molecule has 4 nitrogen and oxygen atoms in total. The van der Waals surface area contributed by atoms with Crippen LogP contribution in [-0.4, -0.2) is 21.0 Å². The molecular weight excluding hydrogens is 248 g/mol. The second-order valence-corrected chi connectivity index (χ2v) is 5.91. The van der Waals surface area contributed by atoms with Crippen molar-refractivity contribution in [2.75, 3.05) is 6.54 Å². The van der Waals surface area contributed by atoms with E-state index in [-0.39, 0.29) is 17.5 Å². The maximum Gasteiger partial charge on any atom is 0.240 e. The predicted molar refractivity (Wildman–Crippen MR) is 65.0 cm³/mol. The van der Waals surface area contributed by atoms with Crippen molar-refractivity contribution in [3.8, 4) is 0 Å². The summed E-state index contributed by atoms with van der Waals surface area (Å²) in [7, 11) is -3.49. The van der Waals surface area contributed by atoms with Crippen molar-refractivity contribution >= 4 is 21.6 Å². The first-order valence-corrected chi connectivity index (χ1v) is 6.70. The SMILES string of the molecule is Cc1cc(Cl)ccc1S(=O)(=O)NCC(C)N. The zero-order chi connectivity index (χ0) is 12.3. The number of hydrogen-bond acceptors (Lipinski definition) is 3. The number of halogens is 1. The third-order valence-electron chi connectivity index (χ3n) is 2.02. The maximum absolute atomic E-state index is 11.9. The van der Waals surface area contributed by atoms with E-state index < -0.39 is 10.0 Å². The van der Waals surface area contributed by atoms with Gasteiger partial charge in [-0.25, -0.2) is 13.1 Å². The standard InChI is InChI=1S/C10H15ClN2O2S/c1-7-5-9(11)3-4-10(7)16(14,15)13-6-8(2)12/h3-5,8,13H,6,12H2,1-2H3. The molecule has 0 amide bonds. The Morgan fingerprint density at radius 1 is 1.50 bits per heavy atom. The van der Waals surface area contributed by atoms with Crippen LogP contribution in [0.25, 0.3) is 0 Å². The fourth-order valence-corrected chi connectivity index (χ4v) is 2.83. The van der Waals surface area contributed by atoms with Crippen molar-refractivity contribution in [3.05, 3.63) is 28.8 Å². The summed E-state index contributed by atoms with van der Waals surface area (Å²) in [5.74, 6) is 0. The van der Waals surface area contributed by atoms with Gasteiger partial charge in [-0.05, 0) is 37.6 Å². The third-order valence-corrected chi connectivity index (χ3v) is 3.84. The maximum atomic E-state index is 11.9. The highest BCUT2D eigenvalue weighted by Gasteiger charge is 2.16. The van der Waals surface area contributed by atoms with Crippen molar-refractivity contribution in [1.82, 2.24) is 4.72 Å². The summed E-state index contributed by atoms with van der Waals surface area (Å²) < 4.78 is 26.2. The second kappa shape index (κ2) is 5.14. The molecule has 0 radical (unpaired) electrons.